The van der Waals surface area contributed by atoms with Gasteiger partial charge in [0.15, 0.2) is 0 Å². The molecule has 6 nitrogen and oxygen atoms in total. The molecule has 0 bridgehead atoms. The van der Waals surface area contributed by atoms with Crippen LogP contribution in [0.25, 0.3) is 0 Å². The lowest BCUT2D eigenvalue weighted by molar-refractivity contribution is -0.125. The van der Waals surface area contributed by atoms with Crippen LogP contribution in [0.5, 0.6) is 0 Å². The number of carbonyl (C=O) groups is 3. The number of likely N-dealkylation sites (tertiary alicyclic amines) is 1. The van der Waals surface area contributed by atoms with Crippen LogP contribution in [0.1, 0.15) is 27.4 Å². The standard InChI is InChI=1S/C21H21N3O3S.ClH/c22-18-12-23(11-17(18)15-6-2-1-3-7-15)20(26)16-8-4-5-14(9-16)10-24-19(25)13-28-21(24)27;/h1-9,17-18H,10-13,22H2;1H/t17-,18+;/m0./s1. The van der Waals surface area contributed by atoms with E-state index in [1.54, 1.807) is 23.1 Å². The first-order valence-corrected chi connectivity index (χ1v) is 10.2. The third-order valence-electron chi connectivity index (χ3n) is 5.24. The molecule has 0 saturated carbocycles. The van der Waals surface area contributed by atoms with Crippen LogP contribution in [-0.4, -0.2) is 51.7 Å². The van der Waals surface area contributed by atoms with Crippen molar-refractivity contribution in [2.45, 2.75) is 18.5 Å². The van der Waals surface area contributed by atoms with Crippen molar-refractivity contribution in [3.63, 3.8) is 0 Å². The Labute approximate surface area is 179 Å². The van der Waals surface area contributed by atoms with Gasteiger partial charge in [-0.2, -0.15) is 0 Å². The SMILES string of the molecule is Cl.N[C@@H]1CN(C(=O)c2cccc(CN3C(=O)CSC3=O)c2)C[C@H]1c1ccccc1. The summed E-state index contributed by atoms with van der Waals surface area (Å²) in [6.07, 6.45) is 0. The van der Waals surface area contributed by atoms with Gasteiger partial charge in [-0.1, -0.05) is 54.2 Å². The molecule has 4 rings (SSSR count). The van der Waals surface area contributed by atoms with Crippen LogP contribution >= 0.6 is 24.2 Å². The average Bonchev–Trinajstić information content (AvgIpc) is 3.25. The molecule has 2 aliphatic rings. The van der Waals surface area contributed by atoms with Gasteiger partial charge in [-0.3, -0.25) is 19.3 Å². The molecular weight excluding hydrogens is 410 g/mol. The summed E-state index contributed by atoms with van der Waals surface area (Å²) in [5.41, 5.74) is 8.76. The molecule has 0 aromatic heterocycles. The number of thioether (sulfide) groups is 1. The predicted octanol–water partition coefficient (Wildman–Crippen LogP) is 2.87. The minimum absolute atomic E-state index is 0. The Morgan fingerprint density at radius 3 is 2.52 bits per heavy atom. The molecule has 8 heteroatoms. The zero-order valence-corrected chi connectivity index (χ0v) is 17.3. The maximum Gasteiger partial charge on any atom is 0.289 e. The highest BCUT2D eigenvalue weighted by atomic mass is 35.5. The van der Waals surface area contributed by atoms with Gasteiger partial charge in [-0.25, -0.2) is 0 Å². The second-order valence-electron chi connectivity index (χ2n) is 7.13. The highest BCUT2D eigenvalue weighted by Crippen LogP contribution is 2.28. The van der Waals surface area contributed by atoms with Crippen molar-refractivity contribution < 1.29 is 14.4 Å². The van der Waals surface area contributed by atoms with Crippen molar-refractivity contribution >= 4 is 41.2 Å². The quantitative estimate of drug-likeness (QED) is 0.804. The van der Waals surface area contributed by atoms with E-state index in [2.05, 4.69) is 0 Å². The molecule has 2 fully saturated rings. The summed E-state index contributed by atoms with van der Waals surface area (Å²) in [5.74, 6) is 0.0293. The Kier molecular flexibility index (Phi) is 6.62. The second kappa shape index (κ2) is 8.98. The van der Waals surface area contributed by atoms with Gasteiger partial charge in [-0.05, 0) is 23.3 Å². The number of amides is 3. The van der Waals surface area contributed by atoms with Gasteiger partial charge < -0.3 is 10.6 Å². The molecule has 2 aromatic rings. The van der Waals surface area contributed by atoms with Crippen molar-refractivity contribution in [1.29, 1.82) is 0 Å². The average molecular weight is 432 g/mol. The van der Waals surface area contributed by atoms with Gasteiger partial charge >= 0.3 is 0 Å². The number of imide groups is 1. The van der Waals surface area contributed by atoms with E-state index in [-0.39, 0.29) is 53.7 Å². The first-order chi connectivity index (χ1) is 13.5. The first-order valence-electron chi connectivity index (χ1n) is 9.19. The number of nitrogens with zero attached hydrogens (tertiary/aromatic N) is 2. The number of halogens is 1. The smallest absolute Gasteiger partial charge is 0.289 e. The Hall–Kier alpha value is -2.35. The summed E-state index contributed by atoms with van der Waals surface area (Å²) in [7, 11) is 0. The molecule has 3 amide bonds. The normalized spacial score (nSPS) is 21.4. The molecule has 2 N–H and O–H groups in total. The number of carbonyl (C=O) groups excluding carboxylic acids is 3. The molecule has 2 saturated heterocycles. The van der Waals surface area contributed by atoms with Gasteiger partial charge in [0.2, 0.25) is 5.91 Å². The third kappa shape index (κ3) is 4.47. The van der Waals surface area contributed by atoms with Crippen LogP contribution in [0.4, 0.5) is 4.79 Å². The van der Waals surface area contributed by atoms with Crippen molar-refractivity contribution in [3.05, 3.63) is 71.3 Å². The van der Waals surface area contributed by atoms with Crippen LogP contribution in [0.3, 0.4) is 0 Å². The number of hydrogen-bond acceptors (Lipinski definition) is 5. The van der Waals surface area contributed by atoms with Gasteiger partial charge in [-0.15, -0.1) is 12.4 Å². The fourth-order valence-electron chi connectivity index (χ4n) is 3.75. The summed E-state index contributed by atoms with van der Waals surface area (Å²) >= 11 is 1.01. The topological polar surface area (TPSA) is 83.7 Å². The summed E-state index contributed by atoms with van der Waals surface area (Å²) in [5, 5.41) is -0.238. The van der Waals surface area contributed by atoms with Crippen LogP contribution < -0.4 is 5.73 Å². The van der Waals surface area contributed by atoms with E-state index in [0.29, 0.717) is 18.7 Å². The monoisotopic (exact) mass is 431 g/mol. The largest absolute Gasteiger partial charge is 0.336 e. The second-order valence-corrected chi connectivity index (χ2v) is 8.05. The fraction of sp³-hybridized carbons (Fsp3) is 0.286. The highest BCUT2D eigenvalue weighted by Gasteiger charge is 2.34. The van der Waals surface area contributed by atoms with Crippen molar-refractivity contribution in [1.82, 2.24) is 9.80 Å². The minimum atomic E-state index is -0.238. The van der Waals surface area contributed by atoms with E-state index in [4.69, 9.17) is 5.73 Å². The Morgan fingerprint density at radius 1 is 1.07 bits per heavy atom. The summed E-state index contributed by atoms with van der Waals surface area (Å²) in [6, 6.07) is 17.0. The van der Waals surface area contributed by atoms with Crippen molar-refractivity contribution in [3.8, 4) is 0 Å². The molecule has 29 heavy (non-hydrogen) atoms. The lowest BCUT2D eigenvalue weighted by atomic mass is 9.95. The van der Waals surface area contributed by atoms with E-state index < -0.39 is 0 Å². The van der Waals surface area contributed by atoms with Crippen LogP contribution in [0.2, 0.25) is 0 Å². The fourth-order valence-corrected chi connectivity index (χ4v) is 4.47. The molecule has 2 atom stereocenters. The Bertz CT molecular complexity index is 908. The van der Waals surface area contributed by atoms with E-state index in [9.17, 15) is 14.4 Å². The maximum absolute atomic E-state index is 13.0. The first kappa shape index (κ1) is 21.4. The number of rotatable bonds is 4. The predicted molar refractivity (Wildman–Crippen MR) is 115 cm³/mol. The molecule has 0 unspecified atom stereocenters. The van der Waals surface area contributed by atoms with Gasteiger partial charge in [0.25, 0.3) is 11.1 Å². The van der Waals surface area contributed by atoms with Gasteiger partial charge in [0.1, 0.15) is 0 Å². The zero-order chi connectivity index (χ0) is 19.7. The third-order valence-corrected chi connectivity index (χ3v) is 6.09. The maximum atomic E-state index is 13.0. The number of hydrogen-bond donors (Lipinski definition) is 1. The van der Waals surface area contributed by atoms with Crippen LogP contribution in [0, 0.1) is 0 Å². The van der Waals surface area contributed by atoms with Gasteiger partial charge in [0, 0.05) is 30.6 Å². The van der Waals surface area contributed by atoms with Crippen LogP contribution in [0.15, 0.2) is 54.6 Å². The lowest BCUT2D eigenvalue weighted by Gasteiger charge is -2.18. The molecular formula is C21H22ClN3O3S. The van der Waals surface area contributed by atoms with E-state index in [1.165, 1.54) is 4.90 Å². The van der Waals surface area contributed by atoms with Crippen molar-refractivity contribution in [2.75, 3.05) is 18.8 Å². The van der Waals surface area contributed by atoms with E-state index in [1.807, 2.05) is 36.4 Å². The summed E-state index contributed by atoms with van der Waals surface area (Å²) < 4.78 is 0. The molecule has 2 aromatic carbocycles. The molecule has 152 valence electrons. The lowest BCUT2D eigenvalue weighted by Crippen LogP contribution is -2.32. The molecule has 0 spiro atoms. The number of nitrogens with two attached hydrogens (primary N) is 1. The van der Waals surface area contributed by atoms with E-state index >= 15 is 0 Å². The molecule has 2 aliphatic heterocycles. The van der Waals surface area contributed by atoms with Crippen molar-refractivity contribution in [2.24, 2.45) is 5.73 Å². The summed E-state index contributed by atoms with van der Waals surface area (Å²) in [6.45, 7) is 1.27. The van der Waals surface area contributed by atoms with Gasteiger partial charge in [0.05, 0.1) is 12.3 Å². The molecule has 2 heterocycles. The van der Waals surface area contributed by atoms with E-state index in [0.717, 1.165) is 22.9 Å². The number of benzene rings is 2. The highest BCUT2D eigenvalue weighted by molar-refractivity contribution is 8.14. The Balaban J connectivity index is 0.00000240. The summed E-state index contributed by atoms with van der Waals surface area (Å²) in [4.78, 5) is 39.6. The zero-order valence-electron chi connectivity index (χ0n) is 15.7. The van der Waals surface area contributed by atoms with Crippen LogP contribution in [-0.2, 0) is 11.3 Å². The molecule has 0 aliphatic carbocycles. The Morgan fingerprint density at radius 2 is 1.83 bits per heavy atom. The minimum Gasteiger partial charge on any atom is -0.336 e. The molecule has 0 radical (unpaired) electrons.